The fourth-order valence-corrected chi connectivity index (χ4v) is 1.82. The van der Waals surface area contributed by atoms with E-state index in [0.29, 0.717) is 4.47 Å². The summed E-state index contributed by atoms with van der Waals surface area (Å²) in [7, 11) is 0. The van der Waals surface area contributed by atoms with Gasteiger partial charge in [0, 0.05) is 4.47 Å². The average molecular weight is 339 g/mol. The molecular weight excluding hydrogens is 331 g/mol. The maximum atomic E-state index is 12.9. The number of anilines is 1. The zero-order chi connectivity index (χ0) is 14.7. The second-order valence-corrected chi connectivity index (χ2v) is 4.65. The number of carbonyl (C=O) groups is 2. The van der Waals surface area contributed by atoms with Gasteiger partial charge in [-0.2, -0.15) is 4.39 Å². The standard InChI is InChI=1S/C13H8BrFN2O3/c14-8-5-4-7(13(19)20)6-10(8)17-12(18)9-2-1-3-11(15)16-9/h1-6H,(H,17,18)(H,19,20). The number of hydrogen-bond acceptors (Lipinski definition) is 3. The summed E-state index contributed by atoms with van der Waals surface area (Å²) >= 11 is 3.19. The second-order valence-electron chi connectivity index (χ2n) is 3.80. The normalized spacial score (nSPS) is 10.1. The Balaban J connectivity index is 2.27. The van der Waals surface area contributed by atoms with E-state index in [9.17, 15) is 14.0 Å². The van der Waals surface area contributed by atoms with Gasteiger partial charge < -0.3 is 10.4 Å². The van der Waals surface area contributed by atoms with Gasteiger partial charge in [-0.05, 0) is 46.3 Å². The molecule has 1 aromatic heterocycles. The lowest BCUT2D eigenvalue weighted by molar-refractivity contribution is 0.0696. The highest BCUT2D eigenvalue weighted by atomic mass is 79.9. The first kappa shape index (κ1) is 14.1. The molecule has 1 heterocycles. The molecule has 0 aliphatic carbocycles. The highest BCUT2D eigenvalue weighted by Gasteiger charge is 2.12. The first-order valence-corrected chi connectivity index (χ1v) is 6.23. The van der Waals surface area contributed by atoms with Gasteiger partial charge in [-0.25, -0.2) is 9.78 Å². The summed E-state index contributed by atoms with van der Waals surface area (Å²) in [6.07, 6.45) is 0. The van der Waals surface area contributed by atoms with Crippen LogP contribution in [0.4, 0.5) is 10.1 Å². The number of hydrogen-bond donors (Lipinski definition) is 2. The summed E-state index contributed by atoms with van der Waals surface area (Å²) in [5.41, 5.74) is 0.189. The van der Waals surface area contributed by atoms with Crippen LogP contribution >= 0.6 is 15.9 Å². The average Bonchev–Trinajstić information content (AvgIpc) is 2.41. The molecular formula is C13H8BrFN2O3. The minimum Gasteiger partial charge on any atom is -0.478 e. The van der Waals surface area contributed by atoms with Crippen LogP contribution < -0.4 is 5.32 Å². The molecule has 20 heavy (non-hydrogen) atoms. The number of aromatic nitrogens is 1. The second kappa shape index (κ2) is 5.79. The Morgan fingerprint density at radius 3 is 2.65 bits per heavy atom. The molecule has 0 saturated heterocycles. The highest BCUT2D eigenvalue weighted by molar-refractivity contribution is 9.10. The quantitative estimate of drug-likeness (QED) is 0.843. The molecule has 7 heteroatoms. The largest absolute Gasteiger partial charge is 0.478 e. The van der Waals surface area contributed by atoms with Crippen molar-refractivity contribution in [1.29, 1.82) is 0 Å². The lowest BCUT2D eigenvalue weighted by Gasteiger charge is -2.08. The maximum Gasteiger partial charge on any atom is 0.335 e. The van der Waals surface area contributed by atoms with Crippen LogP contribution in [0.2, 0.25) is 0 Å². The molecule has 0 spiro atoms. The van der Waals surface area contributed by atoms with Gasteiger partial charge in [0.2, 0.25) is 5.95 Å². The summed E-state index contributed by atoms with van der Waals surface area (Å²) in [6, 6.07) is 8.02. The topological polar surface area (TPSA) is 79.3 Å². The van der Waals surface area contributed by atoms with Crippen molar-refractivity contribution in [3.05, 3.63) is 58.1 Å². The van der Waals surface area contributed by atoms with E-state index in [-0.39, 0.29) is 16.9 Å². The lowest BCUT2D eigenvalue weighted by atomic mass is 10.2. The predicted octanol–water partition coefficient (Wildman–Crippen LogP) is 2.93. The van der Waals surface area contributed by atoms with Gasteiger partial charge in [0.05, 0.1) is 11.3 Å². The zero-order valence-electron chi connectivity index (χ0n) is 9.93. The monoisotopic (exact) mass is 338 g/mol. The fourth-order valence-electron chi connectivity index (χ4n) is 1.48. The minimum atomic E-state index is -1.11. The van der Waals surface area contributed by atoms with Gasteiger partial charge in [-0.1, -0.05) is 6.07 Å². The number of carbonyl (C=O) groups excluding carboxylic acids is 1. The van der Waals surface area contributed by atoms with E-state index >= 15 is 0 Å². The number of aromatic carboxylic acids is 1. The van der Waals surface area contributed by atoms with Gasteiger partial charge in [0.15, 0.2) is 0 Å². The van der Waals surface area contributed by atoms with Crippen LogP contribution in [0.3, 0.4) is 0 Å². The molecule has 0 aliphatic heterocycles. The van der Waals surface area contributed by atoms with Crippen molar-refractivity contribution >= 4 is 33.5 Å². The summed E-state index contributed by atoms with van der Waals surface area (Å²) in [5, 5.41) is 11.4. The molecule has 102 valence electrons. The SMILES string of the molecule is O=C(O)c1ccc(Br)c(NC(=O)c2cccc(F)n2)c1. The molecule has 0 bridgehead atoms. The van der Waals surface area contributed by atoms with Gasteiger partial charge in [0.1, 0.15) is 5.69 Å². The van der Waals surface area contributed by atoms with Crippen LogP contribution in [0.15, 0.2) is 40.9 Å². The van der Waals surface area contributed by atoms with Crippen molar-refractivity contribution < 1.29 is 19.1 Å². The van der Waals surface area contributed by atoms with Gasteiger partial charge >= 0.3 is 5.97 Å². The van der Waals surface area contributed by atoms with E-state index in [1.54, 1.807) is 0 Å². The molecule has 1 aromatic carbocycles. The summed E-state index contributed by atoms with van der Waals surface area (Å²) in [4.78, 5) is 26.2. The number of benzene rings is 1. The summed E-state index contributed by atoms with van der Waals surface area (Å²) in [6.45, 7) is 0. The smallest absolute Gasteiger partial charge is 0.335 e. The van der Waals surface area contributed by atoms with Crippen LogP contribution in [-0.2, 0) is 0 Å². The molecule has 0 unspecified atom stereocenters. The van der Waals surface area contributed by atoms with Crippen molar-refractivity contribution in [2.24, 2.45) is 0 Å². The number of carboxylic acid groups (broad SMARTS) is 1. The molecule has 1 amide bonds. The summed E-state index contributed by atoms with van der Waals surface area (Å²) in [5.74, 6) is -2.51. The highest BCUT2D eigenvalue weighted by Crippen LogP contribution is 2.24. The molecule has 0 atom stereocenters. The van der Waals surface area contributed by atoms with E-state index in [4.69, 9.17) is 5.11 Å². The Morgan fingerprint density at radius 2 is 2.00 bits per heavy atom. The van der Waals surface area contributed by atoms with Crippen molar-refractivity contribution in [2.75, 3.05) is 5.32 Å². The first-order chi connectivity index (χ1) is 9.47. The minimum absolute atomic E-state index is 0.0238. The molecule has 2 aromatic rings. The molecule has 5 nitrogen and oxygen atoms in total. The van der Waals surface area contributed by atoms with Crippen LogP contribution in [-0.4, -0.2) is 22.0 Å². The van der Waals surface area contributed by atoms with Crippen LogP contribution in [0.25, 0.3) is 0 Å². The molecule has 0 radical (unpaired) electrons. The third-order valence-electron chi connectivity index (χ3n) is 2.41. The Hall–Kier alpha value is -2.28. The van der Waals surface area contributed by atoms with Crippen molar-refractivity contribution in [2.45, 2.75) is 0 Å². The third kappa shape index (κ3) is 3.18. The van der Waals surface area contributed by atoms with Crippen LogP contribution in [0, 0.1) is 5.95 Å². The Kier molecular flexibility index (Phi) is 4.09. The Labute approximate surface area is 121 Å². The van der Waals surface area contributed by atoms with Crippen molar-refractivity contribution in [3.63, 3.8) is 0 Å². The third-order valence-corrected chi connectivity index (χ3v) is 3.10. The molecule has 0 fully saturated rings. The zero-order valence-corrected chi connectivity index (χ0v) is 11.5. The number of pyridine rings is 1. The van der Waals surface area contributed by atoms with Gasteiger partial charge in [-0.3, -0.25) is 4.79 Å². The maximum absolute atomic E-state index is 12.9. The number of carboxylic acids is 1. The van der Waals surface area contributed by atoms with Gasteiger partial charge in [0.25, 0.3) is 5.91 Å². The summed E-state index contributed by atoms with van der Waals surface area (Å²) < 4.78 is 13.4. The van der Waals surface area contributed by atoms with Gasteiger partial charge in [-0.15, -0.1) is 0 Å². The van der Waals surface area contributed by atoms with E-state index in [2.05, 4.69) is 26.2 Å². The van der Waals surface area contributed by atoms with E-state index in [0.717, 1.165) is 6.07 Å². The number of nitrogens with one attached hydrogen (secondary N) is 1. The molecule has 2 rings (SSSR count). The molecule has 0 aliphatic rings. The lowest BCUT2D eigenvalue weighted by Crippen LogP contribution is -2.15. The number of nitrogens with zero attached hydrogens (tertiary/aromatic N) is 1. The van der Waals surface area contributed by atoms with Crippen molar-refractivity contribution in [1.82, 2.24) is 4.98 Å². The van der Waals surface area contributed by atoms with E-state index in [1.807, 2.05) is 0 Å². The van der Waals surface area contributed by atoms with Crippen LogP contribution in [0.5, 0.6) is 0 Å². The van der Waals surface area contributed by atoms with Crippen LogP contribution in [0.1, 0.15) is 20.8 Å². The first-order valence-electron chi connectivity index (χ1n) is 5.44. The Bertz CT molecular complexity index is 691. The Morgan fingerprint density at radius 1 is 1.25 bits per heavy atom. The molecule has 2 N–H and O–H groups in total. The number of halogens is 2. The fraction of sp³-hybridized carbons (Fsp3) is 0. The van der Waals surface area contributed by atoms with Crippen molar-refractivity contribution in [3.8, 4) is 0 Å². The van der Waals surface area contributed by atoms with E-state index < -0.39 is 17.8 Å². The number of amides is 1. The van der Waals surface area contributed by atoms with E-state index in [1.165, 1.54) is 30.3 Å². The predicted molar refractivity (Wildman–Crippen MR) is 73.2 cm³/mol. The number of rotatable bonds is 3. The molecule has 0 saturated carbocycles.